The van der Waals surface area contributed by atoms with Gasteiger partial charge in [-0.15, -0.1) is 0 Å². The molecule has 27 heavy (non-hydrogen) atoms. The molecule has 0 N–H and O–H groups in total. The molecule has 2 fully saturated rings. The number of hydrogen-bond acceptors (Lipinski definition) is 4. The van der Waals surface area contributed by atoms with E-state index in [-0.39, 0.29) is 29.7 Å². The van der Waals surface area contributed by atoms with Crippen molar-refractivity contribution >= 4 is 16.1 Å². The third-order valence-electron chi connectivity index (χ3n) is 5.57. The molecule has 2 heterocycles. The molecule has 1 aromatic rings. The van der Waals surface area contributed by atoms with Gasteiger partial charge in [0, 0.05) is 39.6 Å². The minimum atomic E-state index is -3.22. The van der Waals surface area contributed by atoms with Crippen molar-refractivity contribution in [2.75, 3.05) is 46.6 Å². The Kier molecular flexibility index (Phi) is 5.67. The van der Waals surface area contributed by atoms with Gasteiger partial charge < -0.3 is 14.5 Å². The quantitative estimate of drug-likeness (QED) is 0.765. The lowest BCUT2D eigenvalue weighted by Crippen LogP contribution is -2.42. The van der Waals surface area contributed by atoms with E-state index in [0.717, 1.165) is 11.3 Å². The molecule has 2 aliphatic rings. The van der Waals surface area contributed by atoms with Gasteiger partial charge >= 0.3 is 6.03 Å². The van der Waals surface area contributed by atoms with Crippen LogP contribution in [0.3, 0.4) is 0 Å². The first-order chi connectivity index (χ1) is 12.8. The van der Waals surface area contributed by atoms with Crippen molar-refractivity contribution in [1.82, 2.24) is 14.1 Å². The average Bonchev–Trinajstić information content (AvgIpc) is 3.19. The van der Waals surface area contributed by atoms with E-state index in [4.69, 9.17) is 4.74 Å². The van der Waals surface area contributed by atoms with Crippen LogP contribution >= 0.6 is 0 Å². The summed E-state index contributed by atoms with van der Waals surface area (Å²) in [6.07, 6.45) is 0.612. The second-order valence-corrected chi connectivity index (χ2v) is 9.69. The minimum Gasteiger partial charge on any atom is -0.497 e. The first-order valence-corrected chi connectivity index (χ1v) is 11.0. The predicted octanol–water partition coefficient (Wildman–Crippen LogP) is 2.02. The molecule has 3 atom stereocenters. The van der Waals surface area contributed by atoms with Crippen molar-refractivity contribution in [3.8, 4) is 5.75 Å². The summed E-state index contributed by atoms with van der Waals surface area (Å²) < 4.78 is 31.9. The number of amides is 2. The average molecular weight is 396 g/mol. The number of fused-ring (bicyclic) bond motifs is 1. The summed E-state index contributed by atoms with van der Waals surface area (Å²) in [6.45, 7) is 3.43. The lowest BCUT2D eigenvalue weighted by Gasteiger charge is -2.31. The Labute approximate surface area is 161 Å². The highest BCUT2D eigenvalue weighted by molar-refractivity contribution is 7.89. The molecule has 2 aliphatic heterocycles. The summed E-state index contributed by atoms with van der Waals surface area (Å²) in [5.41, 5.74) is 1.02. The molecule has 0 unspecified atom stereocenters. The van der Waals surface area contributed by atoms with Crippen LogP contribution in [0.4, 0.5) is 4.79 Å². The van der Waals surface area contributed by atoms with E-state index < -0.39 is 10.0 Å². The molecule has 0 spiro atoms. The summed E-state index contributed by atoms with van der Waals surface area (Å²) in [6, 6.07) is 7.57. The van der Waals surface area contributed by atoms with Crippen LogP contribution < -0.4 is 4.74 Å². The molecule has 150 valence electrons. The lowest BCUT2D eigenvalue weighted by molar-refractivity contribution is 0.157. The van der Waals surface area contributed by atoms with Gasteiger partial charge in [-0.05, 0) is 30.0 Å². The molecule has 1 aromatic carbocycles. The largest absolute Gasteiger partial charge is 0.497 e. The first kappa shape index (κ1) is 19.9. The van der Waals surface area contributed by atoms with Gasteiger partial charge in [0.15, 0.2) is 0 Å². The predicted molar refractivity (Wildman–Crippen MR) is 104 cm³/mol. The molecule has 0 radical (unpaired) electrons. The summed E-state index contributed by atoms with van der Waals surface area (Å²) in [7, 11) is 1.90. The van der Waals surface area contributed by atoms with Gasteiger partial charge in [0.25, 0.3) is 0 Å². The molecular weight excluding hydrogens is 366 g/mol. The minimum absolute atomic E-state index is 0.0341. The molecule has 2 saturated heterocycles. The number of urea groups is 1. The van der Waals surface area contributed by atoms with E-state index in [1.165, 1.54) is 0 Å². The molecule has 2 amide bonds. The molecular formula is C19H29N3O4S. The van der Waals surface area contributed by atoms with E-state index in [0.29, 0.717) is 26.1 Å². The third-order valence-corrected chi connectivity index (χ3v) is 7.58. The topological polar surface area (TPSA) is 70.2 Å². The van der Waals surface area contributed by atoms with E-state index >= 15 is 0 Å². The maximum Gasteiger partial charge on any atom is 0.320 e. The second-order valence-electron chi connectivity index (χ2n) is 7.60. The van der Waals surface area contributed by atoms with Gasteiger partial charge in [0.05, 0.1) is 18.9 Å². The highest BCUT2D eigenvalue weighted by Gasteiger charge is 2.51. The van der Waals surface area contributed by atoms with E-state index in [1.807, 2.05) is 36.1 Å². The molecule has 7 nitrogen and oxygen atoms in total. The van der Waals surface area contributed by atoms with E-state index in [2.05, 4.69) is 0 Å². The molecule has 0 saturated carbocycles. The van der Waals surface area contributed by atoms with Crippen LogP contribution in [0.1, 0.15) is 24.9 Å². The number of sulfonamides is 1. The van der Waals surface area contributed by atoms with Gasteiger partial charge in [0.2, 0.25) is 10.0 Å². The Bertz CT molecular complexity index is 779. The smallest absolute Gasteiger partial charge is 0.320 e. The number of benzene rings is 1. The van der Waals surface area contributed by atoms with Crippen LogP contribution in [0.25, 0.3) is 0 Å². The zero-order valence-electron chi connectivity index (χ0n) is 16.5. The van der Waals surface area contributed by atoms with Crippen molar-refractivity contribution in [3.63, 3.8) is 0 Å². The van der Waals surface area contributed by atoms with Crippen LogP contribution in [0.15, 0.2) is 24.3 Å². The number of likely N-dealkylation sites (tertiary alicyclic amines) is 1. The van der Waals surface area contributed by atoms with Gasteiger partial charge in [-0.25, -0.2) is 17.5 Å². The Morgan fingerprint density at radius 1 is 1.19 bits per heavy atom. The maximum absolute atomic E-state index is 12.8. The Morgan fingerprint density at radius 2 is 1.85 bits per heavy atom. The zero-order chi connectivity index (χ0) is 19.8. The summed E-state index contributed by atoms with van der Waals surface area (Å²) in [5.74, 6) is 1.21. The van der Waals surface area contributed by atoms with Gasteiger partial charge in [-0.1, -0.05) is 19.1 Å². The standard InChI is InChI=1S/C19H29N3O4S/c1-5-10-27(24,25)21-11-15-12-22(19(23)20(2)3)18(17(15)13-21)14-6-8-16(26-4)9-7-14/h6-9,15,17-18H,5,10-13H2,1-4H3/t15-,17-,18+/m1/s1. The number of nitrogens with zero attached hydrogens (tertiary/aromatic N) is 3. The van der Waals surface area contributed by atoms with Crippen LogP contribution in [0.5, 0.6) is 5.75 Å². The summed E-state index contributed by atoms with van der Waals surface area (Å²) in [5, 5.41) is 0. The monoisotopic (exact) mass is 395 g/mol. The third kappa shape index (κ3) is 3.78. The lowest BCUT2D eigenvalue weighted by atomic mass is 9.89. The van der Waals surface area contributed by atoms with E-state index in [1.54, 1.807) is 30.4 Å². The number of carbonyl (C=O) groups excluding carboxylic acids is 1. The van der Waals surface area contributed by atoms with Crippen LogP contribution in [-0.2, 0) is 10.0 Å². The number of rotatable bonds is 5. The molecule has 0 bridgehead atoms. The Morgan fingerprint density at radius 3 is 2.41 bits per heavy atom. The van der Waals surface area contributed by atoms with Crippen LogP contribution in [0.2, 0.25) is 0 Å². The normalized spacial score (nSPS) is 25.5. The van der Waals surface area contributed by atoms with Crippen molar-refractivity contribution in [1.29, 1.82) is 0 Å². The molecule has 3 rings (SSSR count). The van der Waals surface area contributed by atoms with Gasteiger partial charge in [0.1, 0.15) is 5.75 Å². The highest BCUT2D eigenvalue weighted by atomic mass is 32.2. The Hall–Kier alpha value is -1.80. The van der Waals surface area contributed by atoms with Crippen molar-refractivity contribution in [2.24, 2.45) is 11.8 Å². The molecule has 0 aliphatic carbocycles. The van der Waals surface area contributed by atoms with Gasteiger partial charge in [-0.2, -0.15) is 0 Å². The fourth-order valence-corrected chi connectivity index (χ4v) is 5.89. The summed E-state index contributed by atoms with van der Waals surface area (Å²) >= 11 is 0. The molecule has 8 heteroatoms. The van der Waals surface area contributed by atoms with Gasteiger partial charge in [-0.3, -0.25) is 0 Å². The van der Waals surface area contributed by atoms with Crippen LogP contribution in [0, 0.1) is 11.8 Å². The first-order valence-electron chi connectivity index (χ1n) is 9.38. The van der Waals surface area contributed by atoms with Crippen LogP contribution in [-0.4, -0.2) is 75.1 Å². The number of hydrogen-bond donors (Lipinski definition) is 0. The Balaban J connectivity index is 1.90. The molecule has 0 aromatic heterocycles. The fourth-order valence-electron chi connectivity index (χ4n) is 4.30. The number of ether oxygens (including phenoxy) is 1. The van der Waals surface area contributed by atoms with E-state index in [9.17, 15) is 13.2 Å². The fraction of sp³-hybridized carbons (Fsp3) is 0.632. The summed E-state index contributed by atoms with van der Waals surface area (Å²) in [4.78, 5) is 16.2. The number of methoxy groups -OCH3 is 1. The van der Waals surface area contributed by atoms with Crippen molar-refractivity contribution in [2.45, 2.75) is 19.4 Å². The maximum atomic E-state index is 12.8. The zero-order valence-corrected chi connectivity index (χ0v) is 17.3. The number of carbonyl (C=O) groups is 1. The van der Waals surface area contributed by atoms with Crippen molar-refractivity contribution in [3.05, 3.63) is 29.8 Å². The highest BCUT2D eigenvalue weighted by Crippen LogP contribution is 2.46. The van der Waals surface area contributed by atoms with Crippen molar-refractivity contribution < 1.29 is 17.9 Å². The SMILES string of the molecule is CCCS(=O)(=O)N1C[C@@H]2CN(C(=O)N(C)C)[C@@H](c3ccc(OC)cc3)[C@@H]2C1. The second kappa shape index (κ2) is 7.67.